The highest BCUT2D eigenvalue weighted by Crippen LogP contribution is 2.43. The molecule has 0 bridgehead atoms. The first-order valence-electron chi connectivity index (χ1n) is 13.0. The minimum atomic E-state index is -5.59. The lowest BCUT2D eigenvalue weighted by Gasteiger charge is -2.28. The Balaban J connectivity index is 3.28. The van der Waals surface area contributed by atoms with Crippen molar-refractivity contribution in [3.8, 4) is 0 Å². The van der Waals surface area contributed by atoms with E-state index in [0.717, 1.165) is 0 Å². The summed E-state index contributed by atoms with van der Waals surface area (Å²) in [5.41, 5.74) is -1.89. The van der Waals surface area contributed by atoms with Crippen LogP contribution < -0.4 is 9.79 Å². The standard InChI is InChI=1S/C8H20O56P2/c1-7(2,3)13-15-16-17-18-19-20-21-22-23-24-25-26-29-33-36-39-42-45-48-51-54-57-60-63-66(11,12)64-61-58-55-52-49-46-43-40-37-34-31-28-27-30-32-35-38-41-44-47-50-53-56-59-62-65(9,10)14-8(4,5)6/h1-6H3,(H,9,10)(H,11,12)/p-2. The van der Waals surface area contributed by atoms with Crippen LogP contribution in [0.3, 0.4) is 0 Å². The lowest BCUT2D eigenvalue weighted by molar-refractivity contribution is -0.901. The Kier molecular flexibility index (Phi) is 43.4. The van der Waals surface area contributed by atoms with Crippen LogP contribution in [0.5, 0.6) is 0 Å². The second-order valence-electron chi connectivity index (χ2n) is 8.72. The van der Waals surface area contributed by atoms with E-state index >= 15 is 0 Å². The normalized spacial score (nSPS) is 14.2. The van der Waals surface area contributed by atoms with Crippen LogP contribution in [0.25, 0.3) is 0 Å². The molecule has 398 valence electrons. The van der Waals surface area contributed by atoms with E-state index in [9.17, 15) is 18.9 Å². The maximum Gasteiger partial charge on any atom is 0.333 e. The van der Waals surface area contributed by atoms with Gasteiger partial charge in [0.1, 0.15) is 0 Å². The number of phosphoric acid groups is 2. The highest BCUT2D eigenvalue weighted by atomic mass is 31.2. The average molecular weight is 1070 g/mol. The highest BCUT2D eigenvalue weighted by Gasteiger charge is 2.22. The third-order valence-corrected chi connectivity index (χ3v) is 3.79. The molecule has 0 N–H and O–H groups in total. The molecule has 0 rings (SSSR count). The van der Waals surface area contributed by atoms with Gasteiger partial charge in [-0.25, -0.2) is 0 Å². The quantitative estimate of drug-likeness (QED) is 0.0281. The van der Waals surface area contributed by atoms with Gasteiger partial charge >= 0.3 is 15.6 Å². The lowest BCUT2D eigenvalue weighted by atomic mass is 10.2. The van der Waals surface area contributed by atoms with Gasteiger partial charge in [-0.3, -0.25) is 9.13 Å². The number of hydrogen-bond acceptors (Lipinski definition) is 56. The van der Waals surface area contributed by atoms with Crippen LogP contribution in [0.15, 0.2) is 0 Å². The Bertz CT molecular complexity index is 1090. The smallest absolute Gasteiger partial charge is 0.333 e. The molecule has 0 saturated carbocycles. The van der Waals surface area contributed by atoms with Crippen molar-refractivity contribution in [2.45, 2.75) is 52.7 Å². The minimum absolute atomic E-state index is 0.738. The van der Waals surface area contributed by atoms with Crippen molar-refractivity contribution in [2.75, 3.05) is 0 Å². The SMILES string of the molecule is CC(C)(C)OOOOOOOOOOOOOOOOOOOOOOOOOP(=O)([O-])OOOOOOOOOOOOOOOOOOOOOOOOOOP(=O)([O-])OC(C)(C)C. The van der Waals surface area contributed by atoms with E-state index in [4.69, 9.17) is 0 Å². The van der Waals surface area contributed by atoms with Crippen LogP contribution >= 0.6 is 15.6 Å². The summed E-state index contributed by atoms with van der Waals surface area (Å²) in [6.45, 7) is 8.98. The summed E-state index contributed by atoms with van der Waals surface area (Å²) < 4.78 is 37.3. The molecule has 2 atom stereocenters. The summed E-state index contributed by atoms with van der Waals surface area (Å²) in [5, 5.41) is 165. The van der Waals surface area contributed by atoms with Crippen molar-refractivity contribution in [3.63, 3.8) is 0 Å². The molecule has 66 heavy (non-hydrogen) atoms. The third-order valence-electron chi connectivity index (χ3n) is 2.28. The Morgan fingerprint density at radius 2 is 0.379 bits per heavy atom. The Labute approximate surface area is 348 Å². The van der Waals surface area contributed by atoms with Crippen LogP contribution in [-0.2, 0) is 269 Å². The van der Waals surface area contributed by atoms with E-state index in [2.05, 4.69) is 260 Å². The van der Waals surface area contributed by atoms with Crippen LogP contribution in [0.1, 0.15) is 41.5 Å². The van der Waals surface area contributed by atoms with Crippen LogP contribution in [0.4, 0.5) is 0 Å². The highest BCUT2D eigenvalue weighted by molar-refractivity contribution is 7.45. The zero-order valence-corrected chi connectivity index (χ0v) is 32.5. The fraction of sp³-hybridized carbons (Fsp3) is 1.00. The first-order chi connectivity index (χ1) is 31.6. The molecule has 0 aliphatic rings. The summed E-state index contributed by atoms with van der Waals surface area (Å²) in [5.74, 6) is 0. The third kappa shape index (κ3) is 54.9. The topological polar surface area (TPSA) is 560 Å². The maximum absolute atomic E-state index is 11.2. The summed E-state index contributed by atoms with van der Waals surface area (Å²) in [4.78, 5) is 26.9. The van der Waals surface area contributed by atoms with Gasteiger partial charge in [-0.05, 0) is 203 Å². The molecule has 58 heteroatoms. The van der Waals surface area contributed by atoms with Gasteiger partial charge in [-0.2, -0.15) is 4.89 Å². The van der Waals surface area contributed by atoms with Gasteiger partial charge in [0.15, 0.2) is 0 Å². The molecule has 0 spiro atoms. The average Bonchev–Trinajstić information content (AvgIpc) is 3.23. The number of rotatable bonds is 53. The molecule has 0 radical (unpaired) electrons. The predicted molar refractivity (Wildman–Crippen MR) is 111 cm³/mol. The molecule has 0 amide bonds. The van der Waals surface area contributed by atoms with Gasteiger partial charge in [-0.1, -0.05) is 0 Å². The van der Waals surface area contributed by atoms with Gasteiger partial charge in [0, 0.05) is 75.6 Å². The molecule has 2 unspecified atom stereocenters. The molecule has 0 aromatic rings. The number of hydrogen-bond donors (Lipinski definition) is 0. The van der Waals surface area contributed by atoms with Crippen molar-refractivity contribution < 1.29 is 279 Å². The van der Waals surface area contributed by atoms with E-state index in [1.54, 1.807) is 20.8 Å². The fourth-order valence-corrected chi connectivity index (χ4v) is 2.14. The van der Waals surface area contributed by atoms with E-state index in [-0.39, 0.29) is 0 Å². The molecular weight excluding hydrogens is 1050 g/mol. The molecule has 0 aliphatic heterocycles. The Morgan fingerprint density at radius 1 is 0.227 bits per heavy atom. The monoisotopic (exact) mass is 1070 g/mol. The Morgan fingerprint density at radius 3 is 0.545 bits per heavy atom. The van der Waals surface area contributed by atoms with E-state index in [1.807, 2.05) is 0 Å². The predicted octanol–water partition coefficient (Wildman–Crippen LogP) is -1.78. The van der Waals surface area contributed by atoms with Gasteiger partial charge < -0.3 is 14.3 Å². The van der Waals surface area contributed by atoms with Crippen molar-refractivity contribution >= 4 is 15.6 Å². The molecule has 0 aromatic heterocycles. The lowest BCUT2D eigenvalue weighted by Crippen LogP contribution is -2.22. The summed E-state index contributed by atoms with van der Waals surface area (Å²) in [7, 11) is -10.5. The van der Waals surface area contributed by atoms with Crippen molar-refractivity contribution in [1.82, 2.24) is 0 Å². The second kappa shape index (κ2) is 44.5. The second-order valence-corrected chi connectivity index (χ2v) is 11.1. The van der Waals surface area contributed by atoms with Gasteiger partial charge in [0.2, 0.25) is 0 Å². The zero-order chi connectivity index (χ0) is 48.8. The van der Waals surface area contributed by atoms with Crippen LogP contribution in [0, 0.1) is 0 Å². The molecule has 0 aliphatic carbocycles. The zero-order valence-electron chi connectivity index (χ0n) is 30.8. The number of phosphoric ester groups is 1. The molecule has 0 fully saturated rings. The molecule has 56 nitrogen and oxygen atoms in total. The Hall–Kier alpha value is -1.70. The summed E-state index contributed by atoms with van der Waals surface area (Å²) >= 11 is 0. The molecule has 0 heterocycles. The minimum Gasteiger partial charge on any atom is -0.754 e. The van der Waals surface area contributed by atoms with Gasteiger partial charge in [0.05, 0.1) is 11.2 Å². The van der Waals surface area contributed by atoms with Crippen LogP contribution in [0.2, 0.25) is 0 Å². The van der Waals surface area contributed by atoms with Crippen molar-refractivity contribution in [3.05, 3.63) is 0 Å². The van der Waals surface area contributed by atoms with Crippen molar-refractivity contribution in [1.29, 1.82) is 0 Å². The maximum atomic E-state index is 11.2. The first-order valence-corrected chi connectivity index (χ1v) is 16.0. The van der Waals surface area contributed by atoms with Gasteiger partial charge in [0.25, 0.3) is 0 Å². The largest absolute Gasteiger partial charge is 0.754 e. The molecule has 0 aromatic carbocycles. The first kappa shape index (κ1) is 64.3. The van der Waals surface area contributed by atoms with Gasteiger partial charge in [-0.15, -0.1) is 14.0 Å². The summed E-state index contributed by atoms with van der Waals surface area (Å²) in [6.07, 6.45) is 0. The van der Waals surface area contributed by atoms with E-state index in [0.29, 0.717) is 0 Å². The van der Waals surface area contributed by atoms with E-state index < -0.39 is 26.8 Å². The molecule has 0 saturated heterocycles. The summed E-state index contributed by atoms with van der Waals surface area (Å²) in [6, 6.07) is 0. The van der Waals surface area contributed by atoms with Crippen molar-refractivity contribution in [2.24, 2.45) is 0 Å². The van der Waals surface area contributed by atoms with E-state index in [1.165, 1.54) is 20.8 Å². The van der Waals surface area contributed by atoms with Crippen LogP contribution in [-0.4, -0.2) is 11.2 Å². The fourth-order valence-electron chi connectivity index (χ4n) is 1.12. The molecular formula is C8H18O56P2-2.